The van der Waals surface area contributed by atoms with Gasteiger partial charge in [-0.3, -0.25) is 9.69 Å². The summed E-state index contributed by atoms with van der Waals surface area (Å²) in [7, 11) is 0. The number of benzene rings is 2. The Labute approximate surface area is 195 Å². The number of piperazine rings is 1. The third kappa shape index (κ3) is 5.69. The zero-order valence-corrected chi connectivity index (χ0v) is 19.0. The summed E-state index contributed by atoms with van der Waals surface area (Å²) in [6.07, 6.45) is -4.75. The first-order chi connectivity index (χ1) is 16.2. The topological polar surface area (TPSA) is 62.6 Å². The quantitative estimate of drug-likeness (QED) is 0.583. The number of aromatic nitrogens is 2. The highest BCUT2D eigenvalue weighted by Crippen LogP contribution is 2.28. The van der Waals surface area contributed by atoms with Crippen LogP contribution in [0.15, 0.2) is 54.6 Å². The standard InChI is InChI=1S/C24H26F3N5O2/c1-17-23(18(2)32(29-17)20-6-4-3-5-7-20)31-14-12-30(13-15-31)16-22(33)28-19-8-10-21(11-9-19)34-24(25,26)27/h3-11H,12-16H2,1-2H3,(H,28,33). The monoisotopic (exact) mass is 473 g/mol. The molecule has 2 heterocycles. The van der Waals surface area contributed by atoms with Crippen molar-refractivity contribution in [1.29, 1.82) is 0 Å². The van der Waals surface area contributed by atoms with Gasteiger partial charge < -0.3 is 15.0 Å². The molecule has 1 fully saturated rings. The van der Waals surface area contributed by atoms with Gasteiger partial charge in [-0.15, -0.1) is 13.2 Å². The Balaban J connectivity index is 1.31. The third-order valence-corrected chi connectivity index (χ3v) is 5.68. The summed E-state index contributed by atoms with van der Waals surface area (Å²) < 4.78 is 42.6. The Bertz CT molecular complexity index is 1120. The number of halogens is 3. The fourth-order valence-electron chi connectivity index (χ4n) is 4.19. The minimum Gasteiger partial charge on any atom is -0.406 e. The molecule has 0 saturated carbocycles. The second kappa shape index (κ2) is 9.76. The molecule has 4 rings (SSSR count). The van der Waals surface area contributed by atoms with E-state index in [1.807, 2.05) is 41.9 Å². The number of para-hydroxylation sites is 1. The van der Waals surface area contributed by atoms with Gasteiger partial charge in [0.15, 0.2) is 0 Å². The Morgan fingerprint density at radius 2 is 1.65 bits per heavy atom. The zero-order chi connectivity index (χ0) is 24.3. The number of anilines is 2. The molecule has 1 aliphatic rings. The lowest BCUT2D eigenvalue weighted by atomic mass is 10.2. The molecule has 0 aliphatic carbocycles. The minimum atomic E-state index is -4.75. The normalized spacial score (nSPS) is 14.8. The van der Waals surface area contributed by atoms with Crippen molar-refractivity contribution in [1.82, 2.24) is 14.7 Å². The van der Waals surface area contributed by atoms with Gasteiger partial charge in [0.25, 0.3) is 0 Å². The number of nitrogens with zero attached hydrogens (tertiary/aromatic N) is 4. The molecule has 0 radical (unpaired) electrons. The zero-order valence-electron chi connectivity index (χ0n) is 19.0. The van der Waals surface area contributed by atoms with E-state index in [0.29, 0.717) is 18.8 Å². The van der Waals surface area contributed by atoms with Gasteiger partial charge in [0.1, 0.15) is 5.75 Å². The Morgan fingerprint density at radius 3 is 2.26 bits per heavy atom. The van der Waals surface area contributed by atoms with Crippen LogP contribution < -0.4 is 15.0 Å². The average Bonchev–Trinajstić information content (AvgIpc) is 3.09. The van der Waals surface area contributed by atoms with E-state index in [0.717, 1.165) is 35.9 Å². The van der Waals surface area contributed by atoms with Crippen LogP contribution in [0.5, 0.6) is 5.75 Å². The SMILES string of the molecule is Cc1nn(-c2ccccc2)c(C)c1N1CCN(CC(=O)Nc2ccc(OC(F)(F)F)cc2)CC1. The van der Waals surface area contributed by atoms with Crippen LogP contribution in [0.1, 0.15) is 11.4 Å². The molecule has 1 aromatic heterocycles. The van der Waals surface area contributed by atoms with Gasteiger partial charge in [-0.1, -0.05) is 18.2 Å². The van der Waals surface area contributed by atoms with Crippen molar-refractivity contribution in [3.8, 4) is 11.4 Å². The predicted octanol–water partition coefficient (Wildman–Crippen LogP) is 4.15. The number of amides is 1. The molecule has 34 heavy (non-hydrogen) atoms. The largest absolute Gasteiger partial charge is 0.573 e. The summed E-state index contributed by atoms with van der Waals surface area (Å²) >= 11 is 0. The van der Waals surface area contributed by atoms with Crippen LogP contribution in [0.25, 0.3) is 5.69 Å². The van der Waals surface area contributed by atoms with Crippen LogP contribution in [-0.4, -0.2) is 59.7 Å². The number of aryl methyl sites for hydroxylation is 1. The highest BCUT2D eigenvalue weighted by Gasteiger charge is 2.31. The summed E-state index contributed by atoms with van der Waals surface area (Å²) in [5.74, 6) is -0.551. The van der Waals surface area contributed by atoms with Gasteiger partial charge in [-0.05, 0) is 50.2 Å². The molecular formula is C24H26F3N5O2. The fraction of sp³-hybridized carbons (Fsp3) is 0.333. The van der Waals surface area contributed by atoms with E-state index in [-0.39, 0.29) is 18.2 Å². The smallest absolute Gasteiger partial charge is 0.406 e. The molecule has 1 amide bonds. The molecule has 180 valence electrons. The maximum Gasteiger partial charge on any atom is 0.573 e. The molecule has 10 heteroatoms. The van der Waals surface area contributed by atoms with Crippen molar-refractivity contribution in [2.24, 2.45) is 0 Å². The van der Waals surface area contributed by atoms with Crippen LogP contribution in [0.2, 0.25) is 0 Å². The maximum absolute atomic E-state index is 12.4. The Morgan fingerprint density at radius 1 is 1.00 bits per heavy atom. The van der Waals surface area contributed by atoms with Crippen LogP contribution in [-0.2, 0) is 4.79 Å². The van der Waals surface area contributed by atoms with Crippen LogP contribution in [0.4, 0.5) is 24.5 Å². The summed E-state index contributed by atoms with van der Waals surface area (Å²) in [4.78, 5) is 16.8. The lowest BCUT2D eigenvalue weighted by molar-refractivity contribution is -0.274. The van der Waals surface area contributed by atoms with E-state index in [1.54, 1.807) is 0 Å². The minimum absolute atomic E-state index is 0.204. The lowest BCUT2D eigenvalue weighted by Crippen LogP contribution is -2.49. The second-order valence-corrected chi connectivity index (χ2v) is 8.15. The number of alkyl halides is 3. The van der Waals surface area contributed by atoms with Crippen molar-refractivity contribution >= 4 is 17.3 Å². The first kappa shape index (κ1) is 23.6. The number of nitrogens with one attached hydrogen (secondary N) is 1. The molecule has 3 aromatic rings. The number of hydrogen-bond donors (Lipinski definition) is 1. The van der Waals surface area contributed by atoms with E-state index in [1.165, 1.54) is 24.3 Å². The van der Waals surface area contributed by atoms with E-state index in [9.17, 15) is 18.0 Å². The average molecular weight is 473 g/mol. The molecule has 0 spiro atoms. The molecule has 0 unspecified atom stereocenters. The van der Waals surface area contributed by atoms with E-state index in [2.05, 4.69) is 26.8 Å². The number of carbonyl (C=O) groups excluding carboxylic acids is 1. The first-order valence-corrected chi connectivity index (χ1v) is 10.9. The van der Waals surface area contributed by atoms with Gasteiger partial charge >= 0.3 is 6.36 Å². The van der Waals surface area contributed by atoms with Gasteiger partial charge in [0.2, 0.25) is 5.91 Å². The van der Waals surface area contributed by atoms with Gasteiger partial charge in [-0.25, -0.2) is 4.68 Å². The van der Waals surface area contributed by atoms with Crippen molar-refractivity contribution in [2.75, 3.05) is 42.9 Å². The van der Waals surface area contributed by atoms with E-state index in [4.69, 9.17) is 5.10 Å². The molecule has 0 atom stereocenters. The summed E-state index contributed by atoms with van der Waals surface area (Å²) in [6.45, 7) is 7.22. The summed E-state index contributed by atoms with van der Waals surface area (Å²) in [5.41, 5.74) is 4.59. The number of hydrogen-bond acceptors (Lipinski definition) is 5. The van der Waals surface area contributed by atoms with Crippen molar-refractivity contribution in [3.63, 3.8) is 0 Å². The predicted molar refractivity (Wildman–Crippen MR) is 123 cm³/mol. The van der Waals surface area contributed by atoms with Gasteiger partial charge in [0, 0.05) is 31.9 Å². The van der Waals surface area contributed by atoms with Gasteiger partial charge in [-0.2, -0.15) is 5.10 Å². The third-order valence-electron chi connectivity index (χ3n) is 5.68. The fourth-order valence-corrected chi connectivity index (χ4v) is 4.19. The molecule has 0 bridgehead atoms. The molecular weight excluding hydrogens is 447 g/mol. The highest BCUT2D eigenvalue weighted by atomic mass is 19.4. The van der Waals surface area contributed by atoms with Crippen LogP contribution >= 0.6 is 0 Å². The highest BCUT2D eigenvalue weighted by molar-refractivity contribution is 5.92. The molecule has 1 saturated heterocycles. The molecule has 1 aliphatic heterocycles. The summed E-state index contributed by atoms with van der Waals surface area (Å²) in [6, 6.07) is 15.1. The first-order valence-electron chi connectivity index (χ1n) is 10.9. The Kier molecular flexibility index (Phi) is 6.78. The number of carbonyl (C=O) groups is 1. The lowest BCUT2D eigenvalue weighted by Gasteiger charge is -2.35. The van der Waals surface area contributed by atoms with E-state index < -0.39 is 6.36 Å². The summed E-state index contributed by atoms with van der Waals surface area (Å²) in [5, 5.41) is 7.44. The number of ether oxygens (including phenoxy) is 1. The molecule has 7 nitrogen and oxygen atoms in total. The van der Waals surface area contributed by atoms with Crippen LogP contribution in [0, 0.1) is 13.8 Å². The maximum atomic E-state index is 12.4. The van der Waals surface area contributed by atoms with E-state index >= 15 is 0 Å². The van der Waals surface area contributed by atoms with Gasteiger partial charge in [0.05, 0.1) is 29.3 Å². The van der Waals surface area contributed by atoms with Crippen molar-refractivity contribution < 1.29 is 22.7 Å². The van der Waals surface area contributed by atoms with Crippen LogP contribution in [0.3, 0.4) is 0 Å². The van der Waals surface area contributed by atoms with Crippen molar-refractivity contribution in [3.05, 3.63) is 66.0 Å². The second-order valence-electron chi connectivity index (χ2n) is 8.15. The Hall–Kier alpha value is -3.53. The number of rotatable bonds is 6. The molecule has 1 N–H and O–H groups in total. The van der Waals surface area contributed by atoms with Crippen molar-refractivity contribution in [2.45, 2.75) is 20.2 Å². The molecule has 2 aromatic carbocycles.